The Labute approximate surface area is 85.1 Å². The monoisotopic (exact) mass is 215 g/mol. The molecular weight excluding hydrogens is 206 g/mol. The fourth-order valence-electron chi connectivity index (χ4n) is 1.41. The van der Waals surface area contributed by atoms with Crippen LogP contribution in [0.25, 0.3) is 0 Å². The highest BCUT2D eigenvalue weighted by Gasteiger charge is 2.27. The molecule has 5 nitrogen and oxygen atoms in total. The van der Waals surface area contributed by atoms with Crippen molar-refractivity contribution in [3.63, 3.8) is 0 Å². The van der Waals surface area contributed by atoms with Gasteiger partial charge in [-0.2, -0.15) is 5.10 Å². The number of hydrogen-bond donors (Lipinski definition) is 3. The first-order valence-electron chi connectivity index (χ1n) is 4.34. The zero-order valence-corrected chi connectivity index (χ0v) is 8.08. The van der Waals surface area contributed by atoms with E-state index >= 15 is 0 Å². The standard InChI is InChI=1S/C8H10ClN3O2/c9-7-6(3-10-12-8(7)14)11-4-1-5(13)2-4/h3-5,13H,1-2H2,(H2,11,12,14). The maximum absolute atomic E-state index is 11.1. The van der Waals surface area contributed by atoms with E-state index in [1.165, 1.54) is 6.20 Å². The molecule has 0 aromatic carbocycles. The first-order valence-corrected chi connectivity index (χ1v) is 4.72. The molecule has 1 fully saturated rings. The van der Waals surface area contributed by atoms with E-state index in [2.05, 4.69) is 15.5 Å². The molecule has 0 amide bonds. The Morgan fingerprint density at radius 2 is 2.36 bits per heavy atom. The summed E-state index contributed by atoms with van der Waals surface area (Å²) >= 11 is 5.75. The number of rotatable bonds is 2. The molecule has 1 aliphatic rings. The van der Waals surface area contributed by atoms with Gasteiger partial charge in [0.05, 0.1) is 18.0 Å². The van der Waals surface area contributed by atoms with Crippen molar-refractivity contribution in [3.8, 4) is 0 Å². The lowest BCUT2D eigenvalue weighted by Crippen LogP contribution is -2.39. The van der Waals surface area contributed by atoms with Gasteiger partial charge >= 0.3 is 0 Å². The third kappa shape index (κ3) is 1.73. The molecule has 0 radical (unpaired) electrons. The number of nitrogens with zero attached hydrogens (tertiary/aromatic N) is 1. The highest BCUT2D eigenvalue weighted by atomic mass is 35.5. The number of aliphatic hydroxyl groups excluding tert-OH is 1. The second kappa shape index (κ2) is 3.59. The van der Waals surface area contributed by atoms with Gasteiger partial charge < -0.3 is 10.4 Å². The Morgan fingerprint density at radius 1 is 1.64 bits per heavy atom. The number of aromatic amines is 1. The van der Waals surface area contributed by atoms with E-state index in [0.717, 1.165) is 0 Å². The summed E-state index contributed by atoms with van der Waals surface area (Å²) in [6, 6.07) is 0.186. The van der Waals surface area contributed by atoms with E-state index in [1.807, 2.05) is 0 Å². The van der Waals surface area contributed by atoms with E-state index in [-0.39, 0.29) is 17.2 Å². The second-order valence-corrected chi connectivity index (χ2v) is 3.77. The smallest absolute Gasteiger partial charge is 0.285 e. The molecule has 6 heteroatoms. The summed E-state index contributed by atoms with van der Waals surface area (Å²) in [4.78, 5) is 11.1. The van der Waals surface area contributed by atoms with Crippen molar-refractivity contribution in [2.24, 2.45) is 0 Å². The fourth-order valence-corrected chi connectivity index (χ4v) is 1.56. The molecule has 14 heavy (non-hydrogen) atoms. The molecule has 3 N–H and O–H groups in total. The van der Waals surface area contributed by atoms with Gasteiger partial charge in [0.1, 0.15) is 5.02 Å². The van der Waals surface area contributed by atoms with Crippen molar-refractivity contribution in [1.82, 2.24) is 10.2 Å². The fraction of sp³-hybridized carbons (Fsp3) is 0.500. The Bertz CT molecular complexity index is 386. The maximum Gasteiger partial charge on any atom is 0.285 e. The normalized spacial score (nSPS) is 25.6. The van der Waals surface area contributed by atoms with Gasteiger partial charge in [-0.05, 0) is 12.8 Å². The molecule has 0 atom stereocenters. The number of hydrogen-bond acceptors (Lipinski definition) is 4. The Balaban J connectivity index is 2.10. The van der Waals surface area contributed by atoms with Crippen LogP contribution in [-0.2, 0) is 0 Å². The van der Waals surface area contributed by atoms with Crippen molar-refractivity contribution in [2.75, 3.05) is 5.32 Å². The minimum Gasteiger partial charge on any atom is -0.393 e. The molecule has 1 aromatic rings. The first-order chi connectivity index (χ1) is 6.66. The van der Waals surface area contributed by atoms with Gasteiger partial charge in [-0.25, -0.2) is 5.10 Å². The van der Waals surface area contributed by atoms with E-state index in [0.29, 0.717) is 18.5 Å². The molecule has 76 valence electrons. The molecule has 2 rings (SSSR count). The summed E-state index contributed by atoms with van der Waals surface area (Å²) in [5, 5.41) is 18.1. The summed E-state index contributed by atoms with van der Waals surface area (Å²) < 4.78 is 0. The third-order valence-electron chi connectivity index (χ3n) is 2.27. The Morgan fingerprint density at radius 3 is 3.00 bits per heavy atom. The molecule has 0 unspecified atom stereocenters. The topological polar surface area (TPSA) is 78.0 Å². The van der Waals surface area contributed by atoms with Crippen LogP contribution < -0.4 is 10.9 Å². The average molecular weight is 216 g/mol. The van der Waals surface area contributed by atoms with Crippen LogP contribution in [0.15, 0.2) is 11.0 Å². The highest BCUT2D eigenvalue weighted by molar-refractivity contribution is 6.32. The van der Waals surface area contributed by atoms with Gasteiger partial charge in [-0.1, -0.05) is 11.6 Å². The lowest BCUT2D eigenvalue weighted by atomic mass is 9.89. The average Bonchev–Trinajstić information content (AvgIpc) is 2.10. The molecule has 0 saturated heterocycles. The predicted octanol–water partition coefficient (Wildman–Crippen LogP) is 0.358. The van der Waals surface area contributed by atoms with E-state index < -0.39 is 5.56 Å². The number of aliphatic hydroxyl groups is 1. The summed E-state index contributed by atoms with van der Waals surface area (Å²) in [6.07, 6.45) is 2.60. The lowest BCUT2D eigenvalue weighted by molar-refractivity contribution is 0.0836. The van der Waals surface area contributed by atoms with Crippen LogP contribution in [0.4, 0.5) is 5.69 Å². The van der Waals surface area contributed by atoms with Crippen LogP contribution in [0.5, 0.6) is 0 Å². The molecule has 1 saturated carbocycles. The lowest BCUT2D eigenvalue weighted by Gasteiger charge is -2.32. The minimum absolute atomic E-state index is 0.112. The van der Waals surface area contributed by atoms with E-state index in [4.69, 9.17) is 16.7 Å². The zero-order chi connectivity index (χ0) is 10.1. The number of halogens is 1. The molecule has 0 aliphatic heterocycles. The van der Waals surface area contributed by atoms with Gasteiger partial charge in [0.25, 0.3) is 5.56 Å². The van der Waals surface area contributed by atoms with Crippen molar-refractivity contribution in [3.05, 3.63) is 21.6 Å². The molecule has 0 spiro atoms. The van der Waals surface area contributed by atoms with Gasteiger partial charge in [0, 0.05) is 6.04 Å². The van der Waals surface area contributed by atoms with Crippen LogP contribution in [-0.4, -0.2) is 27.4 Å². The quantitative estimate of drug-likeness (QED) is 0.666. The largest absolute Gasteiger partial charge is 0.393 e. The number of anilines is 1. The molecule has 0 bridgehead atoms. The van der Waals surface area contributed by atoms with Crippen LogP contribution in [0.3, 0.4) is 0 Å². The zero-order valence-electron chi connectivity index (χ0n) is 7.33. The Hall–Kier alpha value is -1.07. The number of aromatic nitrogens is 2. The SMILES string of the molecule is O=c1[nH]ncc(NC2CC(O)C2)c1Cl. The molecule has 1 aliphatic carbocycles. The maximum atomic E-state index is 11.1. The van der Waals surface area contributed by atoms with Crippen molar-refractivity contribution >= 4 is 17.3 Å². The molecule has 1 heterocycles. The van der Waals surface area contributed by atoms with Crippen LogP contribution >= 0.6 is 11.6 Å². The second-order valence-electron chi connectivity index (χ2n) is 3.39. The summed E-state index contributed by atoms with van der Waals surface area (Å²) in [5.41, 5.74) is 0.115. The summed E-state index contributed by atoms with van der Waals surface area (Å²) in [5.74, 6) is 0. The van der Waals surface area contributed by atoms with Gasteiger partial charge in [0.15, 0.2) is 0 Å². The van der Waals surface area contributed by atoms with Crippen molar-refractivity contribution in [1.29, 1.82) is 0 Å². The van der Waals surface area contributed by atoms with Gasteiger partial charge in [-0.15, -0.1) is 0 Å². The molecular formula is C8H10ClN3O2. The number of H-pyrrole nitrogens is 1. The Kier molecular flexibility index (Phi) is 2.43. The minimum atomic E-state index is -0.406. The van der Waals surface area contributed by atoms with Crippen molar-refractivity contribution < 1.29 is 5.11 Å². The van der Waals surface area contributed by atoms with E-state index in [1.54, 1.807) is 0 Å². The van der Waals surface area contributed by atoms with Crippen LogP contribution in [0.1, 0.15) is 12.8 Å². The number of nitrogens with one attached hydrogen (secondary N) is 2. The summed E-state index contributed by atoms with van der Waals surface area (Å²) in [6.45, 7) is 0. The van der Waals surface area contributed by atoms with Crippen LogP contribution in [0, 0.1) is 0 Å². The van der Waals surface area contributed by atoms with Crippen molar-refractivity contribution in [2.45, 2.75) is 25.0 Å². The predicted molar refractivity (Wildman–Crippen MR) is 52.5 cm³/mol. The highest BCUT2D eigenvalue weighted by Crippen LogP contribution is 2.25. The first kappa shape index (κ1) is 9.48. The third-order valence-corrected chi connectivity index (χ3v) is 2.64. The van der Waals surface area contributed by atoms with Gasteiger partial charge in [-0.3, -0.25) is 4.79 Å². The summed E-state index contributed by atoms with van der Waals surface area (Å²) in [7, 11) is 0. The van der Waals surface area contributed by atoms with Gasteiger partial charge in [0.2, 0.25) is 0 Å². The molecule has 1 aromatic heterocycles. The van der Waals surface area contributed by atoms with Crippen LogP contribution in [0.2, 0.25) is 5.02 Å². The van der Waals surface area contributed by atoms with E-state index in [9.17, 15) is 4.79 Å².